The summed E-state index contributed by atoms with van der Waals surface area (Å²) in [6.45, 7) is 18.0. The van der Waals surface area contributed by atoms with E-state index in [9.17, 15) is 14.4 Å². The summed E-state index contributed by atoms with van der Waals surface area (Å²) in [5.74, 6) is -0.119. The van der Waals surface area contributed by atoms with Crippen LogP contribution in [0, 0.1) is 17.3 Å². The normalized spacial score (nSPS) is 25.5. The molecule has 3 saturated heterocycles. The Kier molecular flexibility index (Phi) is 8.29. The first-order valence-corrected chi connectivity index (χ1v) is 13.9. The number of hydrogen-bond donors (Lipinski definition) is 1. The smallest absolute Gasteiger partial charge is 0.251 e. The highest BCUT2D eigenvalue weighted by Crippen LogP contribution is 2.38. The molecular formula is C29H44N4O4. The Balaban J connectivity index is 1.50. The van der Waals surface area contributed by atoms with Crippen LogP contribution in [0.15, 0.2) is 24.3 Å². The highest BCUT2D eigenvalue weighted by molar-refractivity contribution is 5.99. The number of nitrogens with one attached hydrogen (secondary N) is 1. The molecule has 1 aromatic carbocycles. The fourth-order valence-corrected chi connectivity index (χ4v) is 5.83. The summed E-state index contributed by atoms with van der Waals surface area (Å²) in [5, 5.41) is 3.05. The lowest BCUT2D eigenvalue weighted by Crippen LogP contribution is -2.57. The van der Waals surface area contributed by atoms with E-state index in [0.29, 0.717) is 18.5 Å². The minimum Gasteiger partial charge on any atom is -0.369 e. The molecule has 1 aromatic rings. The lowest BCUT2D eigenvalue weighted by molar-refractivity contribution is -0.140. The number of hydrogen-bond acceptors (Lipinski definition) is 6. The standard InChI is InChI=1S/C29H44N4O4/c1-7-29(5,6)26(28(36)33-17-22(19(3)4)25-24(33)23(34)18-37-25)30-27(35)20-9-11-21(12-10-20)32-15-13-31(8-2)14-16-32/h9-12,19,22,24-26H,7-8,13-18H2,1-6H3,(H,30,35)/t22-,24+,25+,26+/m0/s1. The quantitative estimate of drug-likeness (QED) is 0.577. The number of amides is 2. The predicted molar refractivity (Wildman–Crippen MR) is 145 cm³/mol. The molecule has 8 heteroatoms. The van der Waals surface area contributed by atoms with E-state index in [-0.39, 0.29) is 42.1 Å². The van der Waals surface area contributed by atoms with Gasteiger partial charge >= 0.3 is 0 Å². The average molecular weight is 513 g/mol. The lowest BCUT2D eigenvalue weighted by atomic mass is 9.80. The van der Waals surface area contributed by atoms with Crippen LogP contribution in [0.3, 0.4) is 0 Å². The van der Waals surface area contributed by atoms with Crippen molar-refractivity contribution in [2.45, 2.75) is 66.2 Å². The van der Waals surface area contributed by atoms with Crippen molar-refractivity contribution in [1.29, 1.82) is 0 Å². The molecule has 2 amide bonds. The molecule has 3 aliphatic heterocycles. The molecule has 1 N–H and O–H groups in total. The van der Waals surface area contributed by atoms with E-state index in [2.05, 4.69) is 35.9 Å². The van der Waals surface area contributed by atoms with Crippen molar-refractivity contribution < 1.29 is 19.1 Å². The summed E-state index contributed by atoms with van der Waals surface area (Å²) in [4.78, 5) is 46.5. The third-order valence-corrected chi connectivity index (χ3v) is 8.89. The van der Waals surface area contributed by atoms with Gasteiger partial charge in [0.05, 0.1) is 6.10 Å². The van der Waals surface area contributed by atoms with Crippen molar-refractivity contribution in [3.05, 3.63) is 29.8 Å². The van der Waals surface area contributed by atoms with Gasteiger partial charge in [0.1, 0.15) is 18.7 Å². The Morgan fingerprint density at radius 3 is 2.30 bits per heavy atom. The first-order chi connectivity index (χ1) is 17.6. The maximum atomic E-state index is 14.0. The number of likely N-dealkylation sites (tertiary alicyclic amines) is 1. The summed E-state index contributed by atoms with van der Waals surface area (Å²) in [6, 6.07) is 6.36. The van der Waals surface area contributed by atoms with Crippen LogP contribution >= 0.6 is 0 Å². The third-order valence-electron chi connectivity index (χ3n) is 8.89. The van der Waals surface area contributed by atoms with Crippen LogP contribution < -0.4 is 10.2 Å². The number of benzene rings is 1. The molecule has 4 atom stereocenters. The Labute approximate surface area is 221 Å². The van der Waals surface area contributed by atoms with Gasteiger partial charge in [0, 0.05) is 49.9 Å². The van der Waals surface area contributed by atoms with Crippen LogP contribution in [0.25, 0.3) is 0 Å². The van der Waals surface area contributed by atoms with Crippen molar-refractivity contribution in [3.63, 3.8) is 0 Å². The molecule has 0 saturated carbocycles. The molecule has 3 fully saturated rings. The largest absolute Gasteiger partial charge is 0.369 e. The fraction of sp³-hybridized carbons (Fsp3) is 0.690. The van der Waals surface area contributed by atoms with Crippen LogP contribution in [0.4, 0.5) is 5.69 Å². The van der Waals surface area contributed by atoms with Gasteiger partial charge in [-0.25, -0.2) is 0 Å². The van der Waals surface area contributed by atoms with Crippen molar-refractivity contribution >= 4 is 23.3 Å². The molecule has 0 bridgehead atoms. The van der Waals surface area contributed by atoms with Crippen molar-refractivity contribution in [2.24, 2.45) is 17.3 Å². The van der Waals surface area contributed by atoms with Crippen molar-refractivity contribution in [2.75, 3.05) is 50.8 Å². The van der Waals surface area contributed by atoms with Gasteiger partial charge < -0.3 is 24.8 Å². The van der Waals surface area contributed by atoms with E-state index in [0.717, 1.165) is 38.4 Å². The van der Waals surface area contributed by atoms with E-state index in [1.807, 2.05) is 45.0 Å². The fourth-order valence-electron chi connectivity index (χ4n) is 5.83. The number of fused-ring (bicyclic) bond motifs is 1. The van der Waals surface area contributed by atoms with Crippen LogP contribution in [0.2, 0.25) is 0 Å². The number of carbonyl (C=O) groups excluding carboxylic acids is 3. The molecule has 3 heterocycles. The van der Waals surface area contributed by atoms with Gasteiger partial charge in [0.15, 0.2) is 5.78 Å². The molecule has 8 nitrogen and oxygen atoms in total. The third kappa shape index (κ3) is 5.55. The lowest BCUT2D eigenvalue weighted by Gasteiger charge is -2.37. The van der Waals surface area contributed by atoms with E-state index in [1.165, 1.54) is 0 Å². The monoisotopic (exact) mass is 512 g/mol. The molecule has 204 valence electrons. The Bertz CT molecular complexity index is 984. The number of carbonyl (C=O) groups is 3. The summed E-state index contributed by atoms with van der Waals surface area (Å²) in [6.07, 6.45) is 0.441. The van der Waals surface area contributed by atoms with Crippen molar-refractivity contribution in [3.8, 4) is 0 Å². The van der Waals surface area contributed by atoms with Gasteiger partial charge in [-0.05, 0) is 48.6 Å². The van der Waals surface area contributed by atoms with Gasteiger partial charge in [0.2, 0.25) is 5.91 Å². The zero-order chi connectivity index (χ0) is 26.9. The molecule has 3 aliphatic rings. The zero-order valence-corrected chi connectivity index (χ0v) is 23.3. The second-order valence-electron chi connectivity index (χ2n) is 11.8. The number of ketones is 1. The van der Waals surface area contributed by atoms with Crippen LogP contribution in [-0.2, 0) is 14.3 Å². The van der Waals surface area contributed by atoms with Gasteiger partial charge in [0.25, 0.3) is 5.91 Å². The van der Waals surface area contributed by atoms with Crippen molar-refractivity contribution in [1.82, 2.24) is 15.1 Å². The summed E-state index contributed by atoms with van der Waals surface area (Å²) in [7, 11) is 0. The van der Waals surface area contributed by atoms with Crippen LogP contribution in [-0.4, -0.2) is 91.5 Å². The number of rotatable bonds is 8. The van der Waals surface area contributed by atoms with E-state index < -0.39 is 17.5 Å². The predicted octanol–water partition coefficient (Wildman–Crippen LogP) is 2.81. The number of piperazine rings is 1. The van der Waals surface area contributed by atoms with E-state index >= 15 is 0 Å². The maximum absolute atomic E-state index is 14.0. The minimum atomic E-state index is -0.744. The van der Waals surface area contributed by atoms with Gasteiger partial charge in [-0.15, -0.1) is 0 Å². The minimum absolute atomic E-state index is 0.0451. The molecule has 0 unspecified atom stereocenters. The second kappa shape index (κ2) is 11.1. The van der Waals surface area contributed by atoms with E-state index in [1.54, 1.807) is 4.90 Å². The Morgan fingerprint density at radius 1 is 1.08 bits per heavy atom. The molecule has 0 spiro atoms. The Morgan fingerprint density at radius 2 is 1.73 bits per heavy atom. The SMILES string of the molecule is CCN1CCN(c2ccc(C(=O)N[C@H](C(=O)N3C[C@@H](C(C)C)[C@H]4OCC(=O)[C@H]43)C(C)(C)CC)cc2)CC1. The molecular weight excluding hydrogens is 468 g/mol. The van der Waals surface area contributed by atoms with Gasteiger partial charge in [-0.3, -0.25) is 14.4 Å². The average Bonchev–Trinajstić information content (AvgIpc) is 3.47. The number of anilines is 1. The molecule has 4 rings (SSSR count). The van der Waals surface area contributed by atoms with E-state index in [4.69, 9.17) is 4.74 Å². The number of nitrogens with zero attached hydrogens (tertiary/aromatic N) is 3. The Hall–Kier alpha value is -2.45. The summed E-state index contributed by atoms with van der Waals surface area (Å²) >= 11 is 0. The maximum Gasteiger partial charge on any atom is 0.251 e. The molecule has 0 aliphatic carbocycles. The van der Waals surface area contributed by atoms with Crippen LogP contribution in [0.1, 0.15) is 58.3 Å². The highest BCUT2D eigenvalue weighted by Gasteiger charge is 2.54. The topological polar surface area (TPSA) is 82.2 Å². The number of likely N-dealkylation sites (N-methyl/N-ethyl adjacent to an activating group) is 1. The van der Waals surface area contributed by atoms with Gasteiger partial charge in [-0.1, -0.05) is 41.5 Å². The summed E-state index contributed by atoms with van der Waals surface area (Å²) < 4.78 is 5.82. The first-order valence-electron chi connectivity index (χ1n) is 13.9. The second-order valence-corrected chi connectivity index (χ2v) is 11.8. The number of ether oxygens (including phenoxy) is 1. The molecule has 0 radical (unpaired) electrons. The van der Waals surface area contributed by atoms with Crippen LogP contribution in [0.5, 0.6) is 0 Å². The number of Topliss-reactive ketones (excluding diaryl/α,β-unsaturated/α-hetero) is 1. The summed E-state index contributed by atoms with van der Waals surface area (Å²) in [5.41, 5.74) is 1.15. The highest BCUT2D eigenvalue weighted by atomic mass is 16.5. The molecule has 0 aromatic heterocycles. The first kappa shape index (κ1) is 27.6. The van der Waals surface area contributed by atoms with Gasteiger partial charge in [-0.2, -0.15) is 0 Å². The zero-order valence-electron chi connectivity index (χ0n) is 23.3. The molecule has 37 heavy (non-hydrogen) atoms.